The summed E-state index contributed by atoms with van der Waals surface area (Å²) >= 11 is 0. The normalized spacial score (nSPS) is 13.7. The van der Waals surface area contributed by atoms with Gasteiger partial charge in [-0.25, -0.2) is 0 Å². The second-order valence-electron chi connectivity index (χ2n) is 5.22. The van der Waals surface area contributed by atoms with Gasteiger partial charge in [-0.2, -0.15) is 0 Å². The Morgan fingerprint density at radius 3 is 2.91 bits per heavy atom. The number of benzene rings is 1. The summed E-state index contributed by atoms with van der Waals surface area (Å²) < 4.78 is 10.8. The monoisotopic (exact) mass is 313 g/mol. The van der Waals surface area contributed by atoms with Crippen LogP contribution in [-0.4, -0.2) is 48.7 Å². The summed E-state index contributed by atoms with van der Waals surface area (Å²) in [5, 5.41) is 4.76. The van der Waals surface area contributed by atoms with Gasteiger partial charge in [-0.1, -0.05) is 36.9 Å². The fourth-order valence-corrected chi connectivity index (χ4v) is 2.50. The highest BCUT2D eigenvalue weighted by Gasteiger charge is 2.27. The maximum atomic E-state index is 12.3. The third kappa shape index (κ3) is 3.01. The number of carbonyl (C=O) groups excluding carboxylic acids is 1. The lowest BCUT2D eigenvalue weighted by atomic mass is 10.2. The van der Waals surface area contributed by atoms with E-state index >= 15 is 0 Å². The van der Waals surface area contributed by atoms with Crippen molar-refractivity contribution < 1.29 is 14.1 Å². The highest BCUT2D eigenvalue weighted by atomic mass is 16.5. The molecule has 0 saturated heterocycles. The molecule has 1 amide bonds. The number of carbonyl (C=O) groups is 1. The van der Waals surface area contributed by atoms with Crippen LogP contribution >= 0.6 is 0 Å². The van der Waals surface area contributed by atoms with Gasteiger partial charge in [-0.05, 0) is 25.2 Å². The molecule has 0 spiro atoms. The zero-order chi connectivity index (χ0) is 16.2. The van der Waals surface area contributed by atoms with Gasteiger partial charge in [0.1, 0.15) is 11.1 Å². The topological polar surface area (TPSA) is 58.8 Å². The lowest BCUT2D eigenvalue weighted by Gasteiger charge is -2.15. The first-order valence-electron chi connectivity index (χ1n) is 7.74. The highest BCUT2D eigenvalue weighted by molar-refractivity contribution is 6.05. The molecule has 2 aromatic rings. The smallest absolute Gasteiger partial charge is 0.267 e. The van der Waals surface area contributed by atoms with E-state index in [4.69, 9.17) is 9.26 Å². The van der Waals surface area contributed by atoms with E-state index in [0.29, 0.717) is 23.7 Å². The predicted octanol–water partition coefficient (Wildman–Crippen LogP) is 1.90. The molecular formula is C17H19N3O3. The maximum absolute atomic E-state index is 12.3. The quantitative estimate of drug-likeness (QED) is 0.807. The second-order valence-corrected chi connectivity index (χ2v) is 5.22. The molecule has 0 N–H and O–H groups in total. The van der Waals surface area contributed by atoms with Crippen LogP contribution in [0.15, 0.2) is 22.7 Å². The van der Waals surface area contributed by atoms with Crippen LogP contribution in [0, 0.1) is 11.8 Å². The summed E-state index contributed by atoms with van der Waals surface area (Å²) in [4.78, 5) is 16.0. The van der Waals surface area contributed by atoms with Crippen molar-refractivity contribution in [3.63, 3.8) is 0 Å². The third-order valence-electron chi connectivity index (χ3n) is 3.91. The van der Waals surface area contributed by atoms with Crippen LogP contribution in [0.3, 0.4) is 0 Å². The van der Waals surface area contributed by atoms with Gasteiger partial charge >= 0.3 is 0 Å². The van der Waals surface area contributed by atoms with Crippen LogP contribution < -0.4 is 9.64 Å². The van der Waals surface area contributed by atoms with Crippen molar-refractivity contribution in [2.75, 3.05) is 37.7 Å². The van der Waals surface area contributed by atoms with Gasteiger partial charge in [0.25, 0.3) is 5.91 Å². The van der Waals surface area contributed by atoms with Crippen molar-refractivity contribution in [1.82, 2.24) is 10.1 Å². The van der Waals surface area contributed by atoms with Crippen LogP contribution in [0.4, 0.5) is 5.82 Å². The average molecular weight is 313 g/mol. The molecule has 2 heterocycles. The van der Waals surface area contributed by atoms with E-state index in [2.05, 4.69) is 35.7 Å². The third-order valence-corrected chi connectivity index (χ3v) is 3.91. The molecule has 6 nitrogen and oxygen atoms in total. The first-order chi connectivity index (χ1) is 11.2. The Morgan fingerprint density at radius 2 is 2.13 bits per heavy atom. The van der Waals surface area contributed by atoms with Gasteiger partial charge in [0.15, 0.2) is 18.0 Å². The van der Waals surface area contributed by atoms with E-state index in [9.17, 15) is 4.79 Å². The number of amides is 1. The van der Waals surface area contributed by atoms with Gasteiger partial charge in [-0.3, -0.25) is 14.6 Å². The van der Waals surface area contributed by atoms with Crippen LogP contribution in [0.5, 0.6) is 5.75 Å². The molecule has 1 aliphatic rings. The molecule has 0 bridgehead atoms. The zero-order valence-corrected chi connectivity index (χ0v) is 13.3. The number of rotatable bonds is 4. The number of hydrogen-bond acceptors (Lipinski definition) is 5. The van der Waals surface area contributed by atoms with E-state index < -0.39 is 0 Å². The first-order valence-corrected chi connectivity index (χ1v) is 7.74. The van der Waals surface area contributed by atoms with Crippen LogP contribution in [0.25, 0.3) is 11.0 Å². The molecule has 120 valence electrons. The van der Waals surface area contributed by atoms with E-state index in [1.165, 1.54) is 4.90 Å². The summed E-state index contributed by atoms with van der Waals surface area (Å²) in [5.74, 6) is 7.08. The SMILES string of the molecule is CCN(CC)CC#CCN1C(=O)COc2cccc3onc1c23. The average Bonchev–Trinajstić information content (AvgIpc) is 2.94. The van der Waals surface area contributed by atoms with Gasteiger partial charge in [-0.15, -0.1) is 0 Å². The Morgan fingerprint density at radius 1 is 1.30 bits per heavy atom. The summed E-state index contributed by atoms with van der Waals surface area (Å²) in [7, 11) is 0. The number of nitrogens with zero attached hydrogens (tertiary/aromatic N) is 3. The molecule has 1 aromatic heterocycles. The lowest BCUT2D eigenvalue weighted by molar-refractivity contribution is -0.120. The molecular weight excluding hydrogens is 294 g/mol. The summed E-state index contributed by atoms with van der Waals surface area (Å²) in [5.41, 5.74) is 0.605. The van der Waals surface area contributed by atoms with Gasteiger partial charge < -0.3 is 9.26 Å². The second kappa shape index (κ2) is 6.71. The molecule has 0 atom stereocenters. The Hall–Kier alpha value is -2.52. The Bertz CT molecular complexity index is 768. The van der Waals surface area contributed by atoms with Crippen molar-refractivity contribution >= 4 is 22.7 Å². The summed E-state index contributed by atoms with van der Waals surface area (Å²) in [6, 6.07) is 5.43. The minimum Gasteiger partial charge on any atom is -0.483 e. The predicted molar refractivity (Wildman–Crippen MR) is 87.4 cm³/mol. The number of hydrogen-bond donors (Lipinski definition) is 0. The van der Waals surface area contributed by atoms with E-state index in [-0.39, 0.29) is 19.1 Å². The van der Waals surface area contributed by atoms with E-state index in [0.717, 1.165) is 18.5 Å². The van der Waals surface area contributed by atoms with Crippen molar-refractivity contribution in [3.8, 4) is 17.6 Å². The van der Waals surface area contributed by atoms with Crippen LogP contribution in [-0.2, 0) is 4.79 Å². The van der Waals surface area contributed by atoms with E-state index in [1.807, 2.05) is 12.1 Å². The largest absolute Gasteiger partial charge is 0.483 e. The van der Waals surface area contributed by atoms with Gasteiger partial charge in [0.05, 0.1) is 13.1 Å². The molecule has 1 aliphatic heterocycles. The van der Waals surface area contributed by atoms with Crippen molar-refractivity contribution in [2.45, 2.75) is 13.8 Å². The molecule has 0 unspecified atom stereocenters. The number of anilines is 1. The molecule has 0 saturated carbocycles. The van der Waals surface area contributed by atoms with Crippen molar-refractivity contribution in [2.24, 2.45) is 0 Å². The van der Waals surface area contributed by atoms with Crippen molar-refractivity contribution in [1.29, 1.82) is 0 Å². The first kappa shape index (κ1) is 15.4. The highest BCUT2D eigenvalue weighted by Crippen LogP contribution is 2.35. The molecule has 0 fully saturated rings. The Labute approximate surface area is 135 Å². The number of aromatic nitrogens is 1. The van der Waals surface area contributed by atoms with Gasteiger partial charge in [0.2, 0.25) is 0 Å². The lowest BCUT2D eigenvalue weighted by Crippen LogP contribution is -2.34. The maximum Gasteiger partial charge on any atom is 0.267 e. The minimum atomic E-state index is -0.173. The standard InChI is InChI=1S/C17H19N3O3/c1-3-19(4-2)10-5-6-11-20-15(21)12-22-13-8-7-9-14-16(13)17(20)18-23-14/h7-9H,3-4,10-12H2,1-2H3. The summed E-state index contributed by atoms with van der Waals surface area (Å²) in [6.07, 6.45) is 0. The minimum absolute atomic E-state index is 0.0206. The van der Waals surface area contributed by atoms with Gasteiger partial charge in [0, 0.05) is 0 Å². The molecule has 0 radical (unpaired) electrons. The summed E-state index contributed by atoms with van der Waals surface area (Å²) in [6.45, 7) is 7.06. The molecule has 23 heavy (non-hydrogen) atoms. The number of ether oxygens (including phenoxy) is 1. The zero-order valence-electron chi connectivity index (χ0n) is 13.3. The van der Waals surface area contributed by atoms with Crippen LogP contribution in [0.2, 0.25) is 0 Å². The van der Waals surface area contributed by atoms with Crippen LogP contribution in [0.1, 0.15) is 13.8 Å². The van der Waals surface area contributed by atoms with Crippen molar-refractivity contribution in [3.05, 3.63) is 18.2 Å². The van der Waals surface area contributed by atoms with E-state index in [1.54, 1.807) is 6.07 Å². The molecule has 0 aliphatic carbocycles. The fraction of sp³-hybridized carbons (Fsp3) is 0.412. The molecule has 3 rings (SSSR count). The fourth-order valence-electron chi connectivity index (χ4n) is 2.50. The molecule has 1 aromatic carbocycles. The Balaban J connectivity index is 1.83. The Kier molecular flexibility index (Phi) is 4.49. The molecule has 6 heteroatoms.